The van der Waals surface area contributed by atoms with E-state index in [1.807, 2.05) is 97.1 Å². The van der Waals surface area contributed by atoms with E-state index in [1.165, 1.54) is 0 Å². The molecule has 314 valence electrons. The van der Waals surface area contributed by atoms with Gasteiger partial charge in [-0.15, -0.1) is 0 Å². The van der Waals surface area contributed by atoms with E-state index in [0.29, 0.717) is 35.8 Å². The number of carbonyl (C=O) groups is 3. The van der Waals surface area contributed by atoms with Gasteiger partial charge in [-0.1, -0.05) is 85.9 Å². The summed E-state index contributed by atoms with van der Waals surface area (Å²) in [5.41, 5.74) is 4.31. The third kappa shape index (κ3) is 6.77. The molecule has 0 bridgehead atoms. The summed E-state index contributed by atoms with van der Waals surface area (Å²) in [5.74, 6) is 1.19. The van der Waals surface area contributed by atoms with Crippen LogP contribution in [0.4, 0.5) is 17.1 Å². The smallest absolute Gasteiger partial charge is 0.269 e. The first-order valence-electron chi connectivity index (χ1n) is 20.9. The lowest BCUT2D eigenvalue weighted by Gasteiger charge is -2.39. The average molecular weight is 838 g/mol. The zero-order valence-corrected chi connectivity index (χ0v) is 36.2. The van der Waals surface area contributed by atoms with Crippen molar-refractivity contribution in [3.8, 4) is 17.2 Å². The summed E-state index contributed by atoms with van der Waals surface area (Å²) in [6.45, 7) is 7.15. The van der Waals surface area contributed by atoms with Crippen LogP contribution in [0.25, 0.3) is 0 Å². The van der Waals surface area contributed by atoms with E-state index in [0.717, 1.165) is 38.9 Å². The van der Waals surface area contributed by atoms with Gasteiger partial charge in [-0.3, -0.25) is 19.3 Å². The van der Waals surface area contributed by atoms with Crippen LogP contribution in [0.5, 0.6) is 17.2 Å². The Morgan fingerprint density at radius 3 is 2.26 bits per heavy atom. The SMILES string of the molecule is COc1ccc([Si](C)(C)[C@@H]2[C@@H](CC(=O)N3Cc4ccccc4C[C@H]3CO)O[C@]3(C(=O)N(Cc4ccc(N5C(=O)COc6ccccc65)cc4)c4ccc(OC)cc43)[C@H]2C)cc1. The minimum absolute atomic E-state index is 0.0543. The highest BCUT2D eigenvalue weighted by Gasteiger charge is 2.66. The summed E-state index contributed by atoms with van der Waals surface area (Å²) in [5, 5.41) is 11.7. The van der Waals surface area contributed by atoms with Crippen LogP contribution in [0.2, 0.25) is 18.6 Å². The molecule has 4 heterocycles. The summed E-state index contributed by atoms with van der Waals surface area (Å²) in [6.07, 6.45) is 0.00982. The number of rotatable bonds is 10. The topological polar surface area (TPSA) is 118 Å². The van der Waals surface area contributed by atoms with E-state index in [-0.39, 0.29) is 61.4 Å². The molecule has 0 aliphatic carbocycles. The van der Waals surface area contributed by atoms with Crippen LogP contribution in [-0.4, -0.2) is 75.4 Å². The van der Waals surface area contributed by atoms with E-state index in [2.05, 4.69) is 38.2 Å². The molecular weight excluding hydrogens is 787 g/mol. The zero-order chi connectivity index (χ0) is 42.6. The van der Waals surface area contributed by atoms with Gasteiger partial charge in [0.1, 0.15) is 17.2 Å². The minimum atomic E-state index is -2.57. The van der Waals surface area contributed by atoms with Gasteiger partial charge < -0.3 is 33.9 Å². The number of amides is 3. The van der Waals surface area contributed by atoms with Gasteiger partial charge in [0.15, 0.2) is 12.2 Å². The molecule has 1 N–H and O–H groups in total. The number of aliphatic hydroxyl groups excluding tert-OH is 1. The van der Waals surface area contributed by atoms with Gasteiger partial charge in [0, 0.05) is 23.7 Å². The number of benzene rings is 5. The van der Waals surface area contributed by atoms with Crippen LogP contribution in [0, 0.1) is 5.92 Å². The summed E-state index contributed by atoms with van der Waals surface area (Å²) < 4.78 is 24.3. The first-order chi connectivity index (χ1) is 29.5. The second-order valence-corrected chi connectivity index (χ2v) is 21.8. The van der Waals surface area contributed by atoms with Crippen LogP contribution in [0.3, 0.4) is 0 Å². The zero-order valence-electron chi connectivity index (χ0n) is 35.2. The second-order valence-electron chi connectivity index (χ2n) is 17.1. The highest BCUT2D eigenvalue weighted by atomic mass is 28.3. The third-order valence-corrected chi connectivity index (χ3v) is 17.9. The fraction of sp³-hybridized carbons (Fsp3) is 0.327. The molecule has 0 unspecified atom stereocenters. The van der Waals surface area contributed by atoms with Crippen LogP contribution in [0.1, 0.15) is 35.6 Å². The predicted octanol–water partition coefficient (Wildman–Crippen LogP) is 6.86. The largest absolute Gasteiger partial charge is 0.497 e. The molecule has 9 rings (SSSR count). The summed E-state index contributed by atoms with van der Waals surface area (Å²) in [4.78, 5) is 48.6. The monoisotopic (exact) mass is 837 g/mol. The van der Waals surface area contributed by atoms with E-state index in [4.69, 9.17) is 18.9 Å². The fourth-order valence-electron chi connectivity index (χ4n) is 10.4. The van der Waals surface area contributed by atoms with Crippen molar-refractivity contribution in [2.45, 2.75) is 69.2 Å². The average Bonchev–Trinajstić information content (AvgIpc) is 3.71. The number of carbonyl (C=O) groups excluding carboxylic acids is 3. The predicted molar refractivity (Wildman–Crippen MR) is 235 cm³/mol. The van der Waals surface area contributed by atoms with Crippen molar-refractivity contribution in [3.63, 3.8) is 0 Å². The van der Waals surface area contributed by atoms with Crippen LogP contribution >= 0.6 is 0 Å². The molecule has 0 aromatic heterocycles. The Morgan fingerprint density at radius 1 is 0.852 bits per heavy atom. The lowest BCUT2D eigenvalue weighted by Crippen LogP contribution is -2.52. The molecule has 5 aromatic rings. The van der Waals surface area contributed by atoms with Crippen molar-refractivity contribution < 1.29 is 38.4 Å². The Kier molecular flexibility index (Phi) is 10.5. The number of hydrogen-bond acceptors (Lipinski definition) is 8. The van der Waals surface area contributed by atoms with E-state index < -0.39 is 19.8 Å². The maximum Gasteiger partial charge on any atom is 0.269 e. The van der Waals surface area contributed by atoms with Gasteiger partial charge in [0.25, 0.3) is 11.8 Å². The highest BCUT2D eigenvalue weighted by molar-refractivity contribution is 6.91. The number of para-hydroxylation sites is 2. The maximum absolute atomic E-state index is 15.5. The van der Waals surface area contributed by atoms with Gasteiger partial charge >= 0.3 is 0 Å². The van der Waals surface area contributed by atoms with Crippen LogP contribution < -0.4 is 29.2 Å². The highest BCUT2D eigenvalue weighted by Crippen LogP contribution is 2.60. The van der Waals surface area contributed by atoms with Crippen molar-refractivity contribution >= 4 is 48.0 Å². The summed E-state index contributed by atoms with van der Waals surface area (Å²) >= 11 is 0. The molecule has 5 atom stereocenters. The molecule has 1 saturated heterocycles. The van der Waals surface area contributed by atoms with E-state index in [9.17, 15) is 14.7 Å². The van der Waals surface area contributed by atoms with Crippen molar-refractivity contribution in [2.75, 3.05) is 37.2 Å². The van der Waals surface area contributed by atoms with Crippen molar-refractivity contribution in [2.24, 2.45) is 5.92 Å². The maximum atomic E-state index is 15.5. The molecule has 1 fully saturated rings. The molecule has 4 aliphatic rings. The van der Waals surface area contributed by atoms with Crippen molar-refractivity contribution in [1.82, 2.24) is 4.90 Å². The molecular formula is C49H51N3O8Si. The number of ether oxygens (including phenoxy) is 4. The number of nitrogens with zero attached hydrogens (tertiary/aromatic N) is 3. The quantitative estimate of drug-likeness (QED) is 0.152. The number of fused-ring (bicyclic) bond motifs is 4. The minimum Gasteiger partial charge on any atom is -0.497 e. The van der Waals surface area contributed by atoms with E-state index >= 15 is 4.79 Å². The number of anilines is 3. The van der Waals surface area contributed by atoms with Crippen LogP contribution in [-0.2, 0) is 44.2 Å². The van der Waals surface area contributed by atoms with Gasteiger partial charge in [-0.05, 0) is 83.2 Å². The Hall–Kier alpha value is -5.95. The molecule has 0 saturated carbocycles. The summed E-state index contributed by atoms with van der Waals surface area (Å²) in [6, 6.07) is 36.7. The molecule has 1 spiro atoms. The molecule has 0 radical (unpaired) electrons. The molecule has 5 aromatic carbocycles. The fourth-order valence-corrected chi connectivity index (χ4v) is 14.4. The number of hydrogen-bond donors (Lipinski definition) is 1. The first kappa shape index (κ1) is 40.5. The van der Waals surface area contributed by atoms with Crippen molar-refractivity contribution in [3.05, 3.63) is 138 Å². The third-order valence-electron chi connectivity index (χ3n) is 13.5. The summed E-state index contributed by atoms with van der Waals surface area (Å²) in [7, 11) is 0.692. The second kappa shape index (κ2) is 15.8. The number of methoxy groups -OCH3 is 2. The molecule has 11 nitrogen and oxygen atoms in total. The Bertz CT molecular complexity index is 2490. The number of aliphatic hydroxyl groups is 1. The van der Waals surface area contributed by atoms with E-state index in [1.54, 1.807) is 28.9 Å². The van der Waals surface area contributed by atoms with Gasteiger partial charge in [-0.2, -0.15) is 0 Å². The van der Waals surface area contributed by atoms with Gasteiger partial charge in [-0.25, -0.2) is 0 Å². The Balaban J connectivity index is 1.08. The molecule has 12 heteroatoms. The van der Waals surface area contributed by atoms with Crippen molar-refractivity contribution in [1.29, 1.82) is 0 Å². The Morgan fingerprint density at radius 2 is 1.54 bits per heavy atom. The van der Waals surface area contributed by atoms with Gasteiger partial charge in [0.2, 0.25) is 5.91 Å². The molecule has 61 heavy (non-hydrogen) atoms. The molecule has 4 aliphatic heterocycles. The van der Waals surface area contributed by atoms with Crippen LogP contribution in [0.15, 0.2) is 115 Å². The first-order valence-corrected chi connectivity index (χ1v) is 24.0. The lowest BCUT2D eigenvalue weighted by atomic mass is 9.82. The van der Waals surface area contributed by atoms with Gasteiger partial charge in [0.05, 0.1) is 65.4 Å². The Labute approximate surface area is 357 Å². The normalized spacial score (nSPS) is 23.1. The lowest BCUT2D eigenvalue weighted by molar-refractivity contribution is -0.151. The standard InChI is InChI=1S/C49H51N3O8Si/c1-31-47(61(4,5)39-21-18-37(57-2)19-22-39)44(26-45(54)50-28-34-11-7-6-10-33(34)24-36(50)29-53)60-49(31)40-25-38(58-3)20-23-41(40)51(48(49)56)27-32-14-16-35(17-15-32)52-42-12-8-9-13-43(42)59-30-46(52)55/h6-23,25,31,36,44,47,53H,24,26-30H2,1-5H3/t31-,36-,44+,47-,49+/m0/s1. The molecule has 3 amide bonds.